The van der Waals surface area contributed by atoms with E-state index in [1.54, 1.807) is 17.0 Å². The molecule has 1 aliphatic heterocycles. The molecular formula is C14H22ClN3O. The number of piperidine rings is 1. The number of rotatable bonds is 5. The number of hydrogen-bond acceptors (Lipinski definition) is 3. The molecule has 1 aromatic heterocycles. The second kappa shape index (κ2) is 6.94. The van der Waals surface area contributed by atoms with Gasteiger partial charge in [-0.2, -0.15) is 0 Å². The van der Waals surface area contributed by atoms with Gasteiger partial charge in [0, 0.05) is 37.4 Å². The lowest BCUT2D eigenvalue weighted by Crippen LogP contribution is -2.44. The van der Waals surface area contributed by atoms with Crippen molar-refractivity contribution in [2.24, 2.45) is 0 Å². The van der Waals surface area contributed by atoms with Crippen molar-refractivity contribution in [1.82, 2.24) is 9.55 Å². The zero-order valence-electron chi connectivity index (χ0n) is 11.5. The summed E-state index contributed by atoms with van der Waals surface area (Å²) in [6.45, 7) is 3.74. The van der Waals surface area contributed by atoms with Crippen molar-refractivity contribution in [1.29, 1.82) is 0 Å². The average Bonchev–Trinajstić information content (AvgIpc) is 2.43. The third kappa shape index (κ3) is 3.30. The smallest absolute Gasteiger partial charge is 0.293 e. The molecule has 0 aliphatic carbocycles. The van der Waals surface area contributed by atoms with E-state index in [4.69, 9.17) is 11.6 Å². The summed E-state index contributed by atoms with van der Waals surface area (Å²) in [5.74, 6) is 1.24. The van der Waals surface area contributed by atoms with Crippen LogP contribution in [0.25, 0.3) is 0 Å². The number of halogens is 1. The SMILES string of the molecule is CCCn1ccnc(N2CCCCC2CCCl)c1=O. The molecule has 19 heavy (non-hydrogen) atoms. The van der Waals surface area contributed by atoms with Crippen LogP contribution in [0.2, 0.25) is 0 Å². The fourth-order valence-electron chi connectivity index (χ4n) is 2.76. The van der Waals surface area contributed by atoms with Gasteiger partial charge in [0.2, 0.25) is 0 Å². The molecule has 5 heteroatoms. The van der Waals surface area contributed by atoms with E-state index in [0.717, 1.165) is 38.8 Å². The van der Waals surface area contributed by atoms with Crippen LogP contribution in [0.1, 0.15) is 39.0 Å². The standard InChI is InChI=1S/C14H22ClN3O/c1-2-9-17-11-8-16-13(14(17)19)18-10-4-3-5-12(18)6-7-15/h8,11-12H,2-7,9-10H2,1H3. The van der Waals surface area contributed by atoms with E-state index in [9.17, 15) is 4.79 Å². The molecule has 0 aromatic carbocycles. The molecule has 1 fully saturated rings. The fourth-order valence-corrected chi connectivity index (χ4v) is 3.01. The number of nitrogens with zero attached hydrogens (tertiary/aromatic N) is 3. The van der Waals surface area contributed by atoms with Gasteiger partial charge < -0.3 is 9.47 Å². The summed E-state index contributed by atoms with van der Waals surface area (Å²) in [5, 5.41) is 0. The van der Waals surface area contributed by atoms with E-state index in [2.05, 4.69) is 16.8 Å². The summed E-state index contributed by atoms with van der Waals surface area (Å²) in [6.07, 6.45) is 8.83. The molecule has 1 unspecified atom stereocenters. The maximum Gasteiger partial charge on any atom is 0.293 e. The van der Waals surface area contributed by atoms with E-state index in [0.29, 0.717) is 17.7 Å². The lowest BCUT2D eigenvalue weighted by Gasteiger charge is -2.36. The first-order valence-electron chi connectivity index (χ1n) is 7.16. The number of hydrogen-bond donors (Lipinski definition) is 0. The van der Waals surface area contributed by atoms with Crippen LogP contribution in [-0.2, 0) is 6.54 Å². The van der Waals surface area contributed by atoms with Crippen LogP contribution in [0.4, 0.5) is 5.82 Å². The Kier molecular flexibility index (Phi) is 5.25. The summed E-state index contributed by atoms with van der Waals surface area (Å²) in [7, 11) is 0. The molecule has 0 spiro atoms. The van der Waals surface area contributed by atoms with Crippen molar-refractivity contribution < 1.29 is 0 Å². The van der Waals surface area contributed by atoms with Gasteiger partial charge in [-0.3, -0.25) is 4.79 Å². The second-order valence-electron chi connectivity index (χ2n) is 5.07. The van der Waals surface area contributed by atoms with Gasteiger partial charge in [0.25, 0.3) is 5.56 Å². The molecule has 2 rings (SSSR count). The normalized spacial score (nSPS) is 19.7. The predicted molar refractivity (Wildman–Crippen MR) is 79.1 cm³/mol. The van der Waals surface area contributed by atoms with E-state index in [1.165, 1.54) is 6.42 Å². The Balaban J connectivity index is 2.28. The van der Waals surface area contributed by atoms with Crippen LogP contribution in [-0.4, -0.2) is 28.0 Å². The Hall–Kier alpha value is -1.03. The minimum absolute atomic E-state index is 0.0332. The molecular weight excluding hydrogens is 262 g/mol. The molecule has 1 aromatic rings. The molecule has 4 nitrogen and oxygen atoms in total. The van der Waals surface area contributed by atoms with Crippen molar-refractivity contribution in [2.45, 2.75) is 51.6 Å². The summed E-state index contributed by atoms with van der Waals surface area (Å²) in [4.78, 5) is 18.9. The highest BCUT2D eigenvalue weighted by Crippen LogP contribution is 2.23. The number of aromatic nitrogens is 2. The highest BCUT2D eigenvalue weighted by Gasteiger charge is 2.25. The zero-order valence-corrected chi connectivity index (χ0v) is 12.3. The van der Waals surface area contributed by atoms with Gasteiger partial charge in [-0.05, 0) is 32.1 Å². The van der Waals surface area contributed by atoms with Crippen LogP contribution in [0, 0.1) is 0 Å². The minimum Gasteiger partial charge on any atom is -0.349 e. The van der Waals surface area contributed by atoms with Crippen molar-refractivity contribution in [3.63, 3.8) is 0 Å². The Morgan fingerprint density at radius 2 is 2.32 bits per heavy atom. The van der Waals surface area contributed by atoms with E-state index in [1.807, 2.05) is 0 Å². The molecule has 1 atom stereocenters. The molecule has 1 saturated heterocycles. The lowest BCUT2D eigenvalue weighted by molar-refractivity contribution is 0.445. The third-order valence-corrected chi connectivity index (χ3v) is 3.92. The van der Waals surface area contributed by atoms with Gasteiger partial charge in [0.1, 0.15) is 0 Å². The van der Waals surface area contributed by atoms with Crippen LogP contribution in [0.3, 0.4) is 0 Å². The predicted octanol–water partition coefficient (Wildman–Crippen LogP) is 2.64. The van der Waals surface area contributed by atoms with Crippen LogP contribution in [0.5, 0.6) is 0 Å². The third-order valence-electron chi connectivity index (χ3n) is 3.70. The summed E-state index contributed by atoms with van der Waals surface area (Å²) in [6, 6.07) is 0.365. The van der Waals surface area contributed by atoms with Crippen molar-refractivity contribution in [3.05, 3.63) is 22.7 Å². The van der Waals surface area contributed by atoms with Crippen molar-refractivity contribution >= 4 is 17.4 Å². The second-order valence-corrected chi connectivity index (χ2v) is 5.45. The molecule has 0 saturated carbocycles. The zero-order chi connectivity index (χ0) is 13.7. The summed E-state index contributed by atoms with van der Waals surface area (Å²) >= 11 is 5.88. The van der Waals surface area contributed by atoms with E-state index >= 15 is 0 Å². The minimum atomic E-state index is 0.0332. The average molecular weight is 284 g/mol. The Morgan fingerprint density at radius 1 is 1.47 bits per heavy atom. The van der Waals surface area contributed by atoms with Gasteiger partial charge in [-0.25, -0.2) is 4.98 Å². The molecule has 2 heterocycles. The van der Waals surface area contributed by atoms with Crippen LogP contribution in [0.15, 0.2) is 17.2 Å². The number of anilines is 1. The van der Waals surface area contributed by atoms with E-state index in [-0.39, 0.29) is 5.56 Å². The Bertz CT molecular complexity index is 458. The number of alkyl halides is 1. The first-order chi connectivity index (χ1) is 9.27. The van der Waals surface area contributed by atoms with Gasteiger partial charge in [-0.1, -0.05) is 6.92 Å². The molecule has 106 valence electrons. The molecule has 1 aliphatic rings. The van der Waals surface area contributed by atoms with Gasteiger partial charge in [0.15, 0.2) is 5.82 Å². The highest BCUT2D eigenvalue weighted by molar-refractivity contribution is 6.17. The van der Waals surface area contributed by atoms with Crippen molar-refractivity contribution in [3.8, 4) is 0 Å². The fraction of sp³-hybridized carbons (Fsp3) is 0.714. The van der Waals surface area contributed by atoms with Crippen LogP contribution < -0.4 is 10.5 Å². The molecule has 0 bridgehead atoms. The quantitative estimate of drug-likeness (QED) is 0.780. The Morgan fingerprint density at radius 3 is 3.05 bits per heavy atom. The first kappa shape index (κ1) is 14.4. The lowest BCUT2D eigenvalue weighted by atomic mass is 10.00. The summed E-state index contributed by atoms with van der Waals surface area (Å²) in [5.41, 5.74) is 0.0332. The maximum atomic E-state index is 12.4. The largest absolute Gasteiger partial charge is 0.349 e. The molecule has 0 amide bonds. The van der Waals surface area contributed by atoms with E-state index < -0.39 is 0 Å². The van der Waals surface area contributed by atoms with Gasteiger partial charge >= 0.3 is 0 Å². The molecule has 0 N–H and O–H groups in total. The van der Waals surface area contributed by atoms with Gasteiger partial charge in [-0.15, -0.1) is 11.6 Å². The number of aryl methyl sites for hydroxylation is 1. The van der Waals surface area contributed by atoms with Crippen molar-refractivity contribution in [2.75, 3.05) is 17.3 Å². The topological polar surface area (TPSA) is 38.1 Å². The first-order valence-corrected chi connectivity index (χ1v) is 7.69. The Labute approximate surface area is 119 Å². The maximum absolute atomic E-state index is 12.4. The van der Waals surface area contributed by atoms with Crippen LogP contribution >= 0.6 is 11.6 Å². The highest BCUT2D eigenvalue weighted by atomic mass is 35.5. The monoisotopic (exact) mass is 283 g/mol. The molecule has 0 radical (unpaired) electrons. The van der Waals surface area contributed by atoms with Gasteiger partial charge in [0.05, 0.1) is 0 Å². The summed E-state index contributed by atoms with van der Waals surface area (Å²) < 4.78 is 1.76.